The summed E-state index contributed by atoms with van der Waals surface area (Å²) in [7, 11) is 0. The number of carbonyl (C=O) groups is 1. The van der Waals surface area contributed by atoms with Crippen molar-refractivity contribution in [3.8, 4) is 6.07 Å². The van der Waals surface area contributed by atoms with Gasteiger partial charge in [0.25, 0.3) is 0 Å². The molecule has 0 saturated carbocycles. The maximum atomic E-state index is 12.4. The van der Waals surface area contributed by atoms with Crippen LogP contribution in [0.4, 0.5) is 5.00 Å². The van der Waals surface area contributed by atoms with Gasteiger partial charge in [0.1, 0.15) is 11.1 Å². The van der Waals surface area contributed by atoms with Gasteiger partial charge in [-0.25, -0.2) is 0 Å². The number of hydrogen-bond acceptors (Lipinski definition) is 5. The second-order valence-electron chi connectivity index (χ2n) is 7.17. The molecule has 130 valence electrons. The lowest BCUT2D eigenvalue weighted by Crippen LogP contribution is -2.48. The van der Waals surface area contributed by atoms with E-state index >= 15 is 0 Å². The van der Waals surface area contributed by atoms with Crippen molar-refractivity contribution >= 4 is 22.2 Å². The van der Waals surface area contributed by atoms with Crippen LogP contribution >= 0.6 is 11.3 Å². The van der Waals surface area contributed by atoms with Crippen LogP contribution in [0.3, 0.4) is 0 Å². The molecular weight excluding hydrogens is 322 g/mol. The minimum absolute atomic E-state index is 0.0422. The zero-order valence-electron chi connectivity index (χ0n) is 14.6. The number of carbonyl (C=O) groups excluding carboxylic acids is 1. The van der Waals surface area contributed by atoms with E-state index in [0.29, 0.717) is 18.0 Å². The van der Waals surface area contributed by atoms with Crippen molar-refractivity contribution < 1.29 is 9.53 Å². The summed E-state index contributed by atoms with van der Waals surface area (Å²) in [5, 5.41) is 13.2. The van der Waals surface area contributed by atoms with Crippen LogP contribution in [0.15, 0.2) is 0 Å². The van der Waals surface area contributed by atoms with Crippen molar-refractivity contribution in [2.75, 3.05) is 25.0 Å². The Balaban J connectivity index is 1.67. The molecule has 3 rings (SSSR count). The summed E-state index contributed by atoms with van der Waals surface area (Å²) in [4.78, 5) is 15.8. The van der Waals surface area contributed by atoms with Crippen LogP contribution in [0.5, 0.6) is 0 Å². The second kappa shape index (κ2) is 7.22. The molecular formula is C18H25N3O2S. The number of fused-ring (bicyclic) bond motifs is 1. The molecule has 1 fully saturated rings. The second-order valence-corrected chi connectivity index (χ2v) is 8.27. The highest BCUT2D eigenvalue weighted by atomic mass is 32.1. The molecule has 1 N–H and O–H groups in total. The first kappa shape index (κ1) is 17.4. The molecule has 0 spiro atoms. The van der Waals surface area contributed by atoms with Crippen molar-refractivity contribution in [1.82, 2.24) is 4.90 Å². The van der Waals surface area contributed by atoms with Crippen LogP contribution in [0.1, 0.15) is 43.2 Å². The average Bonchev–Trinajstić information content (AvgIpc) is 2.81. The Morgan fingerprint density at radius 3 is 2.75 bits per heavy atom. The largest absolute Gasteiger partial charge is 0.373 e. The van der Waals surface area contributed by atoms with Crippen LogP contribution < -0.4 is 5.32 Å². The van der Waals surface area contributed by atoms with Gasteiger partial charge in [-0.05, 0) is 44.6 Å². The summed E-state index contributed by atoms with van der Waals surface area (Å²) in [6, 6.07) is 2.30. The maximum Gasteiger partial charge on any atom is 0.239 e. The SMILES string of the molecule is C[C@@H]1CCc2c(sc(NC(=O)CN3C[C@@H](C)O[C@@H](C)C3)c2C#N)C1. The van der Waals surface area contributed by atoms with Gasteiger partial charge in [-0.15, -0.1) is 11.3 Å². The summed E-state index contributed by atoms with van der Waals surface area (Å²) in [6.07, 6.45) is 3.38. The van der Waals surface area contributed by atoms with E-state index in [-0.39, 0.29) is 18.1 Å². The quantitative estimate of drug-likeness (QED) is 0.913. The van der Waals surface area contributed by atoms with Gasteiger partial charge in [0, 0.05) is 18.0 Å². The summed E-state index contributed by atoms with van der Waals surface area (Å²) in [6.45, 7) is 8.18. The van der Waals surface area contributed by atoms with Crippen LogP contribution in [0, 0.1) is 17.2 Å². The molecule has 1 aliphatic carbocycles. The molecule has 6 heteroatoms. The standard InChI is InChI=1S/C18H25N3O2S/c1-11-4-5-14-15(7-19)18(24-16(14)6-11)20-17(22)10-21-8-12(2)23-13(3)9-21/h11-13H,4-6,8-10H2,1-3H3,(H,20,22)/t11-,12-,13+/m1/s1. The number of morpholine rings is 1. The highest BCUT2D eigenvalue weighted by Crippen LogP contribution is 2.39. The van der Waals surface area contributed by atoms with Gasteiger partial charge in [-0.1, -0.05) is 6.92 Å². The third-order valence-electron chi connectivity index (χ3n) is 4.74. The molecule has 1 aliphatic heterocycles. The fourth-order valence-electron chi connectivity index (χ4n) is 3.74. The number of ether oxygens (including phenoxy) is 1. The van der Waals surface area contributed by atoms with E-state index in [0.717, 1.165) is 42.9 Å². The number of anilines is 1. The molecule has 1 saturated heterocycles. The highest BCUT2D eigenvalue weighted by molar-refractivity contribution is 7.16. The zero-order valence-corrected chi connectivity index (χ0v) is 15.4. The Morgan fingerprint density at radius 2 is 2.08 bits per heavy atom. The Bertz CT molecular complexity index is 654. The third kappa shape index (κ3) is 3.80. The molecule has 2 heterocycles. The fourth-order valence-corrected chi connectivity index (χ4v) is 5.12. The number of amides is 1. The fraction of sp³-hybridized carbons (Fsp3) is 0.667. The van der Waals surface area contributed by atoms with E-state index in [1.54, 1.807) is 11.3 Å². The van der Waals surface area contributed by atoms with Gasteiger partial charge >= 0.3 is 0 Å². The van der Waals surface area contributed by atoms with Gasteiger partial charge in [-0.2, -0.15) is 5.26 Å². The predicted octanol–water partition coefficient (Wildman–Crippen LogP) is 2.79. The molecule has 5 nitrogen and oxygen atoms in total. The van der Waals surface area contributed by atoms with Crippen LogP contribution in [-0.2, 0) is 22.4 Å². The average molecular weight is 347 g/mol. The van der Waals surface area contributed by atoms with E-state index in [9.17, 15) is 10.1 Å². The van der Waals surface area contributed by atoms with Crippen molar-refractivity contribution in [3.63, 3.8) is 0 Å². The first-order chi connectivity index (χ1) is 11.5. The minimum atomic E-state index is -0.0422. The number of hydrogen-bond donors (Lipinski definition) is 1. The number of thiophene rings is 1. The maximum absolute atomic E-state index is 12.4. The van der Waals surface area contributed by atoms with E-state index in [1.807, 2.05) is 13.8 Å². The molecule has 3 atom stereocenters. The number of nitriles is 1. The molecule has 0 aromatic carbocycles. The Hall–Kier alpha value is -1.42. The zero-order chi connectivity index (χ0) is 17.3. The first-order valence-electron chi connectivity index (χ1n) is 8.68. The van der Waals surface area contributed by atoms with E-state index in [4.69, 9.17) is 4.74 Å². The molecule has 1 aromatic rings. The number of nitrogens with one attached hydrogen (secondary N) is 1. The van der Waals surface area contributed by atoms with E-state index in [1.165, 1.54) is 4.88 Å². The van der Waals surface area contributed by atoms with E-state index in [2.05, 4.69) is 23.2 Å². The van der Waals surface area contributed by atoms with Gasteiger partial charge in [0.2, 0.25) is 5.91 Å². The van der Waals surface area contributed by atoms with Crippen LogP contribution in [-0.4, -0.2) is 42.6 Å². The molecule has 1 aromatic heterocycles. The minimum Gasteiger partial charge on any atom is -0.373 e. The Morgan fingerprint density at radius 1 is 1.38 bits per heavy atom. The van der Waals surface area contributed by atoms with Crippen molar-refractivity contribution in [3.05, 3.63) is 16.0 Å². The third-order valence-corrected chi connectivity index (χ3v) is 5.91. The highest BCUT2D eigenvalue weighted by Gasteiger charge is 2.26. The van der Waals surface area contributed by atoms with Crippen LogP contribution in [0.2, 0.25) is 0 Å². The van der Waals surface area contributed by atoms with Gasteiger partial charge in [0.15, 0.2) is 0 Å². The van der Waals surface area contributed by atoms with Gasteiger partial charge in [0.05, 0.1) is 24.3 Å². The molecule has 2 aliphatic rings. The monoisotopic (exact) mass is 347 g/mol. The molecule has 0 unspecified atom stereocenters. The van der Waals surface area contributed by atoms with Crippen molar-refractivity contribution in [2.24, 2.45) is 5.92 Å². The Kier molecular flexibility index (Phi) is 5.24. The summed E-state index contributed by atoms with van der Waals surface area (Å²) in [5.74, 6) is 0.613. The smallest absolute Gasteiger partial charge is 0.239 e. The van der Waals surface area contributed by atoms with Gasteiger partial charge in [-0.3, -0.25) is 9.69 Å². The van der Waals surface area contributed by atoms with Crippen LogP contribution in [0.25, 0.3) is 0 Å². The molecule has 24 heavy (non-hydrogen) atoms. The lowest BCUT2D eigenvalue weighted by Gasteiger charge is -2.34. The van der Waals surface area contributed by atoms with Crippen molar-refractivity contribution in [1.29, 1.82) is 5.26 Å². The molecule has 0 bridgehead atoms. The normalized spacial score (nSPS) is 27.3. The number of rotatable bonds is 3. The van der Waals surface area contributed by atoms with Gasteiger partial charge < -0.3 is 10.1 Å². The predicted molar refractivity (Wildman–Crippen MR) is 95.3 cm³/mol. The number of nitrogens with zero attached hydrogens (tertiary/aromatic N) is 2. The lowest BCUT2D eigenvalue weighted by molar-refractivity contribution is -0.121. The summed E-state index contributed by atoms with van der Waals surface area (Å²) < 4.78 is 5.70. The molecule has 0 radical (unpaired) electrons. The summed E-state index contributed by atoms with van der Waals surface area (Å²) >= 11 is 1.58. The molecule has 1 amide bonds. The summed E-state index contributed by atoms with van der Waals surface area (Å²) in [5.41, 5.74) is 1.84. The Labute approximate surface area is 147 Å². The van der Waals surface area contributed by atoms with Crippen molar-refractivity contribution in [2.45, 2.75) is 52.2 Å². The van der Waals surface area contributed by atoms with E-state index < -0.39 is 0 Å². The topological polar surface area (TPSA) is 65.4 Å². The lowest BCUT2D eigenvalue weighted by atomic mass is 9.89. The first-order valence-corrected chi connectivity index (χ1v) is 9.50.